The standard InChI is InChI=1S/C20H24ClN3O5S2/c1-30(26,27)24-12-10-15(11-13-24)14-22-20(25)18-4-2-3-5-19(18)23-31(28,29)17-8-6-16(21)7-9-17/h2-9,15,23H,10-14H2,1H3,(H,22,25). The van der Waals surface area contributed by atoms with Crippen LogP contribution in [0.2, 0.25) is 5.02 Å². The summed E-state index contributed by atoms with van der Waals surface area (Å²) in [5.41, 5.74) is 0.371. The molecule has 0 aromatic heterocycles. The monoisotopic (exact) mass is 485 g/mol. The summed E-state index contributed by atoms with van der Waals surface area (Å²) in [6.07, 6.45) is 2.49. The number of hydrogen-bond acceptors (Lipinski definition) is 5. The van der Waals surface area contributed by atoms with E-state index in [0.717, 1.165) is 0 Å². The van der Waals surface area contributed by atoms with Crippen molar-refractivity contribution in [1.82, 2.24) is 9.62 Å². The van der Waals surface area contributed by atoms with Crippen LogP contribution in [-0.2, 0) is 20.0 Å². The highest BCUT2D eigenvalue weighted by Gasteiger charge is 2.25. The molecule has 0 atom stereocenters. The summed E-state index contributed by atoms with van der Waals surface area (Å²) in [6, 6.07) is 12.1. The number of sulfonamides is 2. The van der Waals surface area contributed by atoms with Crippen LogP contribution in [0.3, 0.4) is 0 Å². The van der Waals surface area contributed by atoms with Gasteiger partial charge in [-0.3, -0.25) is 9.52 Å². The zero-order valence-electron chi connectivity index (χ0n) is 16.9. The van der Waals surface area contributed by atoms with E-state index in [2.05, 4.69) is 10.0 Å². The zero-order valence-corrected chi connectivity index (χ0v) is 19.3. The summed E-state index contributed by atoms with van der Waals surface area (Å²) < 4.78 is 52.4. The molecule has 0 radical (unpaired) electrons. The lowest BCUT2D eigenvalue weighted by molar-refractivity contribution is 0.0942. The van der Waals surface area contributed by atoms with Crippen molar-refractivity contribution in [3.63, 3.8) is 0 Å². The van der Waals surface area contributed by atoms with Crippen molar-refractivity contribution in [1.29, 1.82) is 0 Å². The Hall–Kier alpha value is -2.14. The average molecular weight is 486 g/mol. The van der Waals surface area contributed by atoms with Crippen molar-refractivity contribution in [2.24, 2.45) is 5.92 Å². The Balaban J connectivity index is 1.65. The van der Waals surface area contributed by atoms with E-state index in [1.165, 1.54) is 40.9 Å². The van der Waals surface area contributed by atoms with E-state index in [-0.39, 0.29) is 22.1 Å². The third-order valence-electron chi connectivity index (χ3n) is 5.13. The maximum Gasteiger partial charge on any atom is 0.261 e. The topological polar surface area (TPSA) is 113 Å². The quantitative estimate of drug-likeness (QED) is 0.625. The minimum atomic E-state index is -3.89. The number of nitrogens with one attached hydrogen (secondary N) is 2. The molecule has 2 aromatic rings. The van der Waals surface area contributed by atoms with Crippen LogP contribution in [0, 0.1) is 5.92 Å². The molecule has 2 aromatic carbocycles. The molecule has 0 unspecified atom stereocenters. The van der Waals surface area contributed by atoms with E-state index < -0.39 is 26.0 Å². The van der Waals surface area contributed by atoms with Gasteiger partial charge in [-0.25, -0.2) is 21.1 Å². The van der Waals surface area contributed by atoms with Crippen LogP contribution in [0.25, 0.3) is 0 Å². The molecule has 1 amide bonds. The fourth-order valence-electron chi connectivity index (χ4n) is 3.36. The number of rotatable bonds is 7. The summed E-state index contributed by atoms with van der Waals surface area (Å²) in [6.45, 7) is 1.24. The molecule has 3 rings (SSSR count). The van der Waals surface area contributed by atoms with Gasteiger partial charge in [-0.1, -0.05) is 23.7 Å². The van der Waals surface area contributed by atoms with Crippen molar-refractivity contribution < 1.29 is 21.6 Å². The molecule has 1 aliphatic rings. The number of hydrogen-bond donors (Lipinski definition) is 2. The van der Waals surface area contributed by atoms with Gasteiger partial charge < -0.3 is 5.32 Å². The van der Waals surface area contributed by atoms with Crippen LogP contribution < -0.4 is 10.0 Å². The van der Waals surface area contributed by atoms with Crippen molar-refractivity contribution >= 4 is 43.2 Å². The maximum atomic E-state index is 12.7. The predicted octanol–water partition coefficient (Wildman–Crippen LogP) is 2.54. The average Bonchev–Trinajstić information content (AvgIpc) is 2.72. The molecule has 1 fully saturated rings. The van der Waals surface area contributed by atoms with E-state index in [0.29, 0.717) is 37.5 Å². The molecule has 0 spiro atoms. The Morgan fingerprint density at radius 2 is 1.65 bits per heavy atom. The maximum absolute atomic E-state index is 12.7. The molecule has 1 heterocycles. The summed E-state index contributed by atoms with van der Waals surface area (Å²) in [5, 5.41) is 3.25. The van der Waals surface area contributed by atoms with E-state index >= 15 is 0 Å². The number of carbonyl (C=O) groups is 1. The Labute approximate surface area is 187 Å². The lowest BCUT2D eigenvalue weighted by Gasteiger charge is -2.30. The van der Waals surface area contributed by atoms with Crippen LogP contribution in [-0.4, -0.2) is 52.9 Å². The van der Waals surface area contributed by atoms with E-state index in [4.69, 9.17) is 11.6 Å². The van der Waals surface area contributed by atoms with Gasteiger partial charge in [0.25, 0.3) is 15.9 Å². The molecular weight excluding hydrogens is 462 g/mol. The van der Waals surface area contributed by atoms with Crippen LogP contribution in [0.15, 0.2) is 53.4 Å². The first kappa shape index (κ1) is 23.5. The smallest absolute Gasteiger partial charge is 0.261 e. The molecule has 8 nitrogen and oxygen atoms in total. The lowest BCUT2D eigenvalue weighted by atomic mass is 9.98. The van der Waals surface area contributed by atoms with Gasteiger partial charge in [0.1, 0.15) is 0 Å². The van der Waals surface area contributed by atoms with Gasteiger partial charge in [-0.15, -0.1) is 0 Å². The summed E-state index contributed by atoms with van der Waals surface area (Å²) >= 11 is 5.82. The zero-order chi connectivity index (χ0) is 22.6. The molecule has 1 saturated heterocycles. The second kappa shape index (κ2) is 9.56. The highest BCUT2D eigenvalue weighted by molar-refractivity contribution is 7.92. The summed E-state index contributed by atoms with van der Waals surface area (Å²) in [5.74, 6) is -0.250. The molecule has 31 heavy (non-hydrogen) atoms. The number of carbonyl (C=O) groups excluding carboxylic acids is 1. The van der Waals surface area contributed by atoms with E-state index in [1.807, 2.05) is 0 Å². The Morgan fingerprint density at radius 1 is 1.03 bits per heavy atom. The third kappa shape index (κ3) is 6.19. The Kier molecular flexibility index (Phi) is 7.25. The van der Waals surface area contributed by atoms with Gasteiger partial charge in [0, 0.05) is 24.7 Å². The fraction of sp³-hybridized carbons (Fsp3) is 0.350. The number of benzene rings is 2. The number of halogens is 1. The van der Waals surface area contributed by atoms with E-state index in [9.17, 15) is 21.6 Å². The minimum Gasteiger partial charge on any atom is -0.352 e. The number of amides is 1. The highest BCUT2D eigenvalue weighted by atomic mass is 35.5. The molecule has 168 valence electrons. The van der Waals surface area contributed by atoms with Gasteiger partial charge in [-0.05, 0) is 55.2 Å². The first-order chi connectivity index (χ1) is 14.6. The summed E-state index contributed by atoms with van der Waals surface area (Å²) in [7, 11) is -7.09. The molecule has 0 saturated carbocycles. The molecular formula is C20H24ClN3O5S2. The van der Waals surface area contributed by atoms with Crippen molar-refractivity contribution in [2.75, 3.05) is 30.6 Å². The number of para-hydroxylation sites is 1. The van der Waals surface area contributed by atoms with Crippen molar-refractivity contribution in [3.8, 4) is 0 Å². The normalized spacial score (nSPS) is 16.1. The summed E-state index contributed by atoms with van der Waals surface area (Å²) in [4.78, 5) is 12.8. The van der Waals surface area contributed by atoms with Crippen molar-refractivity contribution in [2.45, 2.75) is 17.7 Å². The Bertz CT molecular complexity index is 1140. The van der Waals surface area contributed by atoms with Crippen LogP contribution in [0.4, 0.5) is 5.69 Å². The number of nitrogens with zero attached hydrogens (tertiary/aromatic N) is 1. The SMILES string of the molecule is CS(=O)(=O)N1CCC(CNC(=O)c2ccccc2NS(=O)(=O)c2ccc(Cl)cc2)CC1. The highest BCUT2D eigenvalue weighted by Crippen LogP contribution is 2.22. The third-order valence-corrected chi connectivity index (χ3v) is 8.07. The molecule has 1 aliphatic heterocycles. The van der Waals surface area contributed by atoms with Gasteiger partial charge in [-0.2, -0.15) is 0 Å². The number of piperidine rings is 1. The molecule has 2 N–H and O–H groups in total. The lowest BCUT2D eigenvalue weighted by Crippen LogP contribution is -2.41. The van der Waals surface area contributed by atoms with Crippen LogP contribution >= 0.6 is 11.6 Å². The minimum absolute atomic E-state index is 0.0322. The van der Waals surface area contributed by atoms with Gasteiger partial charge >= 0.3 is 0 Å². The van der Waals surface area contributed by atoms with Gasteiger partial charge in [0.15, 0.2) is 0 Å². The second-order valence-corrected chi connectivity index (χ2v) is 11.5. The Morgan fingerprint density at radius 3 is 2.26 bits per heavy atom. The van der Waals surface area contributed by atoms with E-state index in [1.54, 1.807) is 18.2 Å². The predicted molar refractivity (Wildman–Crippen MR) is 120 cm³/mol. The first-order valence-electron chi connectivity index (χ1n) is 9.67. The van der Waals surface area contributed by atoms with Crippen LogP contribution in [0.5, 0.6) is 0 Å². The van der Waals surface area contributed by atoms with Gasteiger partial charge in [0.05, 0.1) is 22.4 Å². The second-order valence-electron chi connectivity index (χ2n) is 7.42. The molecule has 11 heteroatoms. The van der Waals surface area contributed by atoms with Gasteiger partial charge in [0.2, 0.25) is 10.0 Å². The number of anilines is 1. The first-order valence-corrected chi connectivity index (χ1v) is 13.4. The van der Waals surface area contributed by atoms with Crippen molar-refractivity contribution in [3.05, 3.63) is 59.1 Å². The molecule has 0 aliphatic carbocycles. The van der Waals surface area contributed by atoms with Crippen LogP contribution in [0.1, 0.15) is 23.2 Å². The fourth-order valence-corrected chi connectivity index (χ4v) is 5.44. The molecule has 0 bridgehead atoms. The largest absolute Gasteiger partial charge is 0.352 e.